The van der Waals surface area contributed by atoms with Gasteiger partial charge in [-0.2, -0.15) is 0 Å². The van der Waals surface area contributed by atoms with E-state index in [4.69, 9.17) is 11.6 Å². The molecule has 6 heteroatoms. The Kier molecular flexibility index (Phi) is 5.42. The molecule has 2 aromatic carbocycles. The summed E-state index contributed by atoms with van der Waals surface area (Å²) in [5.41, 5.74) is 0.798. The van der Waals surface area contributed by atoms with E-state index >= 15 is 0 Å². The van der Waals surface area contributed by atoms with Crippen LogP contribution in [0.4, 0.5) is 0 Å². The normalized spacial score (nSPS) is 14.9. The second-order valence-corrected chi connectivity index (χ2v) is 7.65. The Hall–Kier alpha value is -2.53. The number of carbonyl (C=O) groups is 2. The molecular weight excluding hydrogens is 364 g/mol. The fourth-order valence-electron chi connectivity index (χ4n) is 3.31. The predicted octanol–water partition coefficient (Wildman–Crippen LogP) is 3.31. The number of phenolic OH excluding ortho intramolecular Hbond substituents is 1. The molecule has 1 aliphatic heterocycles. The van der Waals surface area contributed by atoms with Crippen LogP contribution >= 0.6 is 11.6 Å². The number of piperazine rings is 1. The minimum Gasteiger partial charge on any atom is -0.506 e. The molecule has 0 aromatic heterocycles. The smallest absolute Gasteiger partial charge is 0.254 e. The highest BCUT2D eigenvalue weighted by atomic mass is 35.5. The van der Waals surface area contributed by atoms with Crippen molar-refractivity contribution >= 4 is 23.4 Å². The summed E-state index contributed by atoms with van der Waals surface area (Å²) < 4.78 is 0. The molecule has 142 valence electrons. The number of benzene rings is 2. The largest absolute Gasteiger partial charge is 0.506 e. The molecule has 3 rings (SSSR count). The molecule has 0 saturated carbocycles. The molecule has 2 aromatic rings. The van der Waals surface area contributed by atoms with E-state index in [2.05, 4.69) is 0 Å². The minimum atomic E-state index is -0.613. The summed E-state index contributed by atoms with van der Waals surface area (Å²) in [6.45, 7) is 5.78. The molecule has 1 fully saturated rings. The van der Waals surface area contributed by atoms with Gasteiger partial charge in [-0.05, 0) is 37.6 Å². The number of carbonyl (C=O) groups excluding carboxylic acids is 2. The topological polar surface area (TPSA) is 60.9 Å². The zero-order valence-corrected chi connectivity index (χ0v) is 16.2. The van der Waals surface area contributed by atoms with E-state index in [1.807, 2.05) is 49.1 Å². The van der Waals surface area contributed by atoms with Crippen molar-refractivity contribution in [1.29, 1.82) is 0 Å². The molecule has 0 spiro atoms. The monoisotopic (exact) mass is 386 g/mol. The summed E-state index contributed by atoms with van der Waals surface area (Å²) in [6, 6.07) is 14.2. The van der Waals surface area contributed by atoms with Gasteiger partial charge in [0.25, 0.3) is 5.91 Å². The van der Waals surface area contributed by atoms with Crippen LogP contribution in [0, 0.1) is 0 Å². The summed E-state index contributed by atoms with van der Waals surface area (Å²) in [5, 5.41) is 9.65. The van der Waals surface area contributed by atoms with Crippen molar-refractivity contribution < 1.29 is 14.7 Å². The van der Waals surface area contributed by atoms with Crippen LogP contribution < -0.4 is 0 Å². The van der Waals surface area contributed by atoms with Gasteiger partial charge in [0.2, 0.25) is 5.91 Å². The first-order valence-electron chi connectivity index (χ1n) is 8.93. The Labute approximate surface area is 164 Å². The van der Waals surface area contributed by atoms with E-state index in [9.17, 15) is 14.7 Å². The number of hydrogen-bond acceptors (Lipinski definition) is 3. The number of nitrogens with zero attached hydrogens (tertiary/aromatic N) is 2. The minimum absolute atomic E-state index is 0.0493. The van der Waals surface area contributed by atoms with Crippen molar-refractivity contribution in [2.45, 2.75) is 19.3 Å². The molecule has 2 amide bonds. The SMILES string of the molecule is CC(C)(C(=O)N1CCN(C(=O)c2ccc(O)c(Cl)c2)CC1)c1ccccc1. The van der Waals surface area contributed by atoms with E-state index in [0.717, 1.165) is 5.56 Å². The molecule has 27 heavy (non-hydrogen) atoms. The predicted molar refractivity (Wildman–Crippen MR) is 105 cm³/mol. The van der Waals surface area contributed by atoms with Gasteiger partial charge in [-0.15, -0.1) is 0 Å². The van der Waals surface area contributed by atoms with Gasteiger partial charge in [0.1, 0.15) is 5.75 Å². The van der Waals surface area contributed by atoms with Crippen molar-refractivity contribution in [2.75, 3.05) is 26.2 Å². The van der Waals surface area contributed by atoms with Crippen molar-refractivity contribution in [3.63, 3.8) is 0 Å². The fraction of sp³-hybridized carbons (Fsp3) is 0.333. The highest BCUT2D eigenvalue weighted by Crippen LogP contribution is 2.27. The van der Waals surface area contributed by atoms with Crippen LogP contribution in [0.2, 0.25) is 5.02 Å². The third-order valence-corrected chi connectivity index (χ3v) is 5.38. The average molecular weight is 387 g/mol. The first kappa shape index (κ1) is 19.2. The lowest BCUT2D eigenvalue weighted by molar-refractivity contribution is -0.137. The highest BCUT2D eigenvalue weighted by molar-refractivity contribution is 6.32. The van der Waals surface area contributed by atoms with Gasteiger partial charge in [0, 0.05) is 31.7 Å². The molecule has 5 nitrogen and oxygen atoms in total. The molecular formula is C21H23ClN2O3. The zero-order chi connectivity index (χ0) is 19.6. The quantitative estimate of drug-likeness (QED) is 0.880. The van der Waals surface area contributed by atoms with E-state index in [1.165, 1.54) is 12.1 Å². The Bertz CT molecular complexity index is 844. The third-order valence-electron chi connectivity index (χ3n) is 5.08. The lowest BCUT2D eigenvalue weighted by Gasteiger charge is -2.38. The van der Waals surface area contributed by atoms with Gasteiger partial charge < -0.3 is 14.9 Å². The van der Waals surface area contributed by atoms with Crippen LogP contribution in [-0.4, -0.2) is 52.9 Å². The second-order valence-electron chi connectivity index (χ2n) is 7.24. The molecule has 1 N–H and O–H groups in total. The highest BCUT2D eigenvalue weighted by Gasteiger charge is 2.35. The Morgan fingerprint density at radius 1 is 0.963 bits per heavy atom. The zero-order valence-electron chi connectivity index (χ0n) is 15.5. The summed E-state index contributed by atoms with van der Waals surface area (Å²) in [4.78, 5) is 29.2. The fourth-order valence-corrected chi connectivity index (χ4v) is 3.49. The van der Waals surface area contributed by atoms with E-state index < -0.39 is 5.41 Å². The van der Waals surface area contributed by atoms with Gasteiger partial charge >= 0.3 is 0 Å². The van der Waals surface area contributed by atoms with Crippen molar-refractivity contribution in [1.82, 2.24) is 9.80 Å². The van der Waals surface area contributed by atoms with Gasteiger partial charge in [-0.3, -0.25) is 9.59 Å². The van der Waals surface area contributed by atoms with Crippen LogP contribution in [0.5, 0.6) is 5.75 Å². The second kappa shape index (κ2) is 7.61. The maximum atomic E-state index is 13.0. The van der Waals surface area contributed by atoms with Crippen LogP contribution in [-0.2, 0) is 10.2 Å². The number of aromatic hydroxyl groups is 1. The average Bonchev–Trinajstić information content (AvgIpc) is 2.69. The molecule has 0 atom stereocenters. The van der Waals surface area contributed by atoms with Crippen LogP contribution in [0.15, 0.2) is 48.5 Å². The van der Waals surface area contributed by atoms with Crippen LogP contribution in [0.3, 0.4) is 0 Å². The number of rotatable bonds is 3. The molecule has 0 radical (unpaired) electrons. The standard InChI is InChI=1S/C21H23ClN2O3/c1-21(2,16-6-4-3-5-7-16)20(27)24-12-10-23(11-13-24)19(26)15-8-9-18(25)17(22)14-15/h3-9,14,25H,10-13H2,1-2H3. The molecule has 1 aliphatic rings. The number of phenols is 1. The van der Waals surface area contributed by atoms with E-state index in [0.29, 0.717) is 31.7 Å². The summed E-state index contributed by atoms with van der Waals surface area (Å²) >= 11 is 5.90. The lowest BCUT2D eigenvalue weighted by atomic mass is 9.83. The van der Waals surface area contributed by atoms with Gasteiger partial charge in [0.05, 0.1) is 10.4 Å². The molecule has 0 unspecified atom stereocenters. The van der Waals surface area contributed by atoms with Crippen molar-refractivity contribution in [2.24, 2.45) is 0 Å². The number of halogens is 1. The van der Waals surface area contributed by atoms with Crippen molar-refractivity contribution in [3.8, 4) is 5.75 Å². The summed E-state index contributed by atoms with van der Waals surface area (Å²) in [7, 11) is 0. The maximum absolute atomic E-state index is 13.0. The van der Waals surface area contributed by atoms with Crippen LogP contribution in [0.25, 0.3) is 0 Å². The van der Waals surface area contributed by atoms with Gasteiger partial charge in [0.15, 0.2) is 0 Å². The lowest BCUT2D eigenvalue weighted by Crippen LogP contribution is -2.54. The Morgan fingerprint density at radius 2 is 1.56 bits per heavy atom. The third kappa shape index (κ3) is 3.93. The number of hydrogen-bond donors (Lipinski definition) is 1. The molecule has 0 bridgehead atoms. The Balaban J connectivity index is 1.65. The van der Waals surface area contributed by atoms with Crippen LogP contribution in [0.1, 0.15) is 29.8 Å². The summed E-state index contributed by atoms with van der Waals surface area (Å²) in [5.74, 6) is -0.133. The molecule has 1 heterocycles. The molecule has 1 saturated heterocycles. The first-order valence-corrected chi connectivity index (χ1v) is 9.31. The van der Waals surface area contributed by atoms with Crippen molar-refractivity contribution in [3.05, 3.63) is 64.7 Å². The summed E-state index contributed by atoms with van der Waals surface area (Å²) in [6.07, 6.45) is 0. The van der Waals surface area contributed by atoms with E-state index in [1.54, 1.807) is 11.0 Å². The van der Waals surface area contributed by atoms with Gasteiger partial charge in [-0.1, -0.05) is 41.9 Å². The maximum Gasteiger partial charge on any atom is 0.254 e. The van der Waals surface area contributed by atoms with Gasteiger partial charge in [-0.25, -0.2) is 0 Å². The Morgan fingerprint density at radius 3 is 2.15 bits per heavy atom. The molecule has 0 aliphatic carbocycles. The van der Waals surface area contributed by atoms with E-state index in [-0.39, 0.29) is 22.6 Å². The number of amides is 2. The first-order chi connectivity index (χ1) is 12.8.